The van der Waals surface area contributed by atoms with E-state index in [1.165, 1.54) is 0 Å². The third-order valence-electron chi connectivity index (χ3n) is 2.51. The smallest absolute Gasteiger partial charge is 0.329 e. The van der Waals surface area contributed by atoms with Crippen molar-refractivity contribution < 1.29 is 9.72 Å². The van der Waals surface area contributed by atoms with E-state index in [-0.39, 0.29) is 35.8 Å². The summed E-state index contributed by atoms with van der Waals surface area (Å²) in [6, 6.07) is -0.198. The predicted molar refractivity (Wildman–Crippen MR) is 63.3 cm³/mol. The lowest BCUT2D eigenvalue weighted by molar-refractivity contribution is -0.384. The molecular formula is C9H12N6O3. The Labute approximate surface area is 102 Å². The third kappa shape index (κ3) is 2.44. The maximum Gasteiger partial charge on any atom is 0.329 e. The fourth-order valence-electron chi connectivity index (χ4n) is 1.64. The van der Waals surface area contributed by atoms with Gasteiger partial charge < -0.3 is 16.0 Å². The van der Waals surface area contributed by atoms with E-state index < -0.39 is 4.92 Å². The van der Waals surface area contributed by atoms with Crippen LogP contribution in [0, 0.1) is 10.1 Å². The minimum absolute atomic E-state index is 0.0851. The summed E-state index contributed by atoms with van der Waals surface area (Å²) in [7, 11) is 1.62. The number of carbonyl (C=O) groups excluding carboxylic acids is 1. The van der Waals surface area contributed by atoms with Crippen molar-refractivity contribution in [3.8, 4) is 0 Å². The number of nitrogens with zero attached hydrogens (tertiary/aromatic N) is 3. The molecule has 1 unspecified atom stereocenters. The standard InChI is InChI=1S/C9H12N6O3/c1-10-9-12-4-6(15(17)18)8(14-9)13-5-2-7(16)11-3-5/h4-5H,2-3H2,1H3,(H,11,16)(H2,10,12,13,14). The van der Waals surface area contributed by atoms with E-state index in [2.05, 4.69) is 25.9 Å². The molecule has 1 aromatic rings. The van der Waals surface area contributed by atoms with Crippen LogP contribution in [0.4, 0.5) is 17.5 Å². The summed E-state index contributed by atoms with van der Waals surface area (Å²) in [6.07, 6.45) is 1.40. The highest BCUT2D eigenvalue weighted by atomic mass is 16.6. The Kier molecular flexibility index (Phi) is 3.22. The maximum absolute atomic E-state index is 11.1. The van der Waals surface area contributed by atoms with Gasteiger partial charge in [-0.2, -0.15) is 4.98 Å². The SMILES string of the molecule is CNc1ncc([N+](=O)[O-])c(NC2CNC(=O)C2)n1. The van der Waals surface area contributed by atoms with Gasteiger partial charge in [0.15, 0.2) is 0 Å². The number of rotatable bonds is 4. The zero-order valence-electron chi connectivity index (χ0n) is 9.64. The van der Waals surface area contributed by atoms with Crippen molar-refractivity contribution in [2.45, 2.75) is 12.5 Å². The van der Waals surface area contributed by atoms with Crippen LogP contribution in [0.5, 0.6) is 0 Å². The number of carbonyl (C=O) groups is 1. The zero-order chi connectivity index (χ0) is 13.1. The summed E-state index contributed by atoms with van der Waals surface area (Å²) in [5, 5.41) is 19.1. The first-order chi connectivity index (χ1) is 8.60. The second-order valence-electron chi connectivity index (χ2n) is 3.78. The van der Waals surface area contributed by atoms with Crippen molar-refractivity contribution in [2.75, 3.05) is 24.2 Å². The molecule has 0 radical (unpaired) electrons. The highest BCUT2D eigenvalue weighted by Crippen LogP contribution is 2.23. The van der Waals surface area contributed by atoms with Crippen LogP contribution in [0.3, 0.4) is 0 Å². The summed E-state index contributed by atoms with van der Waals surface area (Å²) >= 11 is 0. The Morgan fingerprint density at radius 3 is 2.94 bits per heavy atom. The van der Waals surface area contributed by atoms with Crippen LogP contribution in [0.25, 0.3) is 0 Å². The van der Waals surface area contributed by atoms with Crippen LogP contribution >= 0.6 is 0 Å². The molecule has 9 nitrogen and oxygen atoms in total. The summed E-state index contributed by atoms with van der Waals surface area (Å²) in [5.74, 6) is 0.305. The molecule has 0 aliphatic carbocycles. The highest BCUT2D eigenvalue weighted by molar-refractivity contribution is 5.79. The Morgan fingerprint density at radius 2 is 2.39 bits per heavy atom. The van der Waals surface area contributed by atoms with E-state index in [0.29, 0.717) is 6.54 Å². The monoisotopic (exact) mass is 252 g/mol. The molecule has 1 saturated heterocycles. The van der Waals surface area contributed by atoms with Crippen LogP contribution in [-0.4, -0.2) is 40.4 Å². The van der Waals surface area contributed by atoms with Crippen molar-refractivity contribution in [1.82, 2.24) is 15.3 Å². The number of amides is 1. The van der Waals surface area contributed by atoms with Gasteiger partial charge in [0.1, 0.15) is 6.20 Å². The summed E-state index contributed by atoms with van der Waals surface area (Å²) < 4.78 is 0. The number of hydrogen-bond donors (Lipinski definition) is 3. The molecule has 96 valence electrons. The lowest BCUT2D eigenvalue weighted by Crippen LogP contribution is -2.23. The largest absolute Gasteiger partial charge is 0.359 e. The fraction of sp³-hybridized carbons (Fsp3) is 0.444. The zero-order valence-corrected chi connectivity index (χ0v) is 9.64. The van der Waals surface area contributed by atoms with E-state index in [0.717, 1.165) is 6.20 Å². The Morgan fingerprint density at radius 1 is 1.61 bits per heavy atom. The average Bonchev–Trinajstić information content (AvgIpc) is 2.74. The molecule has 3 N–H and O–H groups in total. The summed E-state index contributed by atoms with van der Waals surface area (Å²) in [6.45, 7) is 0.425. The highest BCUT2D eigenvalue weighted by Gasteiger charge is 2.25. The molecule has 0 saturated carbocycles. The van der Waals surface area contributed by atoms with Gasteiger partial charge in [0.05, 0.1) is 11.0 Å². The molecule has 0 bridgehead atoms. The van der Waals surface area contributed by atoms with Crippen LogP contribution in [0.1, 0.15) is 6.42 Å². The van der Waals surface area contributed by atoms with Crippen molar-refractivity contribution in [1.29, 1.82) is 0 Å². The third-order valence-corrected chi connectivity index (χ3v) is 2.51. The molecule has 1 aliphatic heterocycles. The Balaban J connectivity index is 2.23. The van der Waals surface area contributed by atoms with Gasteiger partial charge in [-0.05, 0) is 0 Å². The van der Waals surface area contributed by atoms with E-state index in [1.54, 1.807) is 7.05 Å². The fourth-order valence-corrected chi connectivity index (χ4v) is 1.64. The number of hydrogen-bond acceptors (Lipinski definition) is 7. The van der Waals surface area contributed by atoms with Gasteiger partial charge in [-0.15, -0.1) is 0 Å². The van der Waals surface area contributed by atoms with E-state index in [4.69, 9.17) is 0 Å². The number of nitrogens with one attached hydrogen (secondary N) is 3. The first-order valence-electron chi connectivity index (χ1n) is 5.32. The maximum atomic E-state index is 11.1. The lowest BCUT2D eigenvalue weighted by Gasteiger charge is -2.11. The van der Waals surface area contributed by atoms with Gasteiger partial charge in [-0.3, -0.25) is 14.9 Å². The van der Waals surface area contributed by atoms with Gasteiger partial charge in [0.25, 0.3) is 0 Å². The van der Waals surface area contributed by atoms with Gasteiger partial charge >= 0.3 is 5.69 Å². The molecule has 2 heterocycles. The molecule has 1 fully saturated rings. The molecule has 2 rings (SSSR count). The van der Waals surface area contributed by atoms with Crippen LogP contribution in [-0.2, 0) is 4.79 Å². The number of aromatic nitrogens is 2. The van der Waals surface area contributed by atoms with Gasteiger partial charge in [-0.1, -0.05) is 0 Å². The molecule has 1 atom stereocenters. The van der Waals surface area contributed by atoms with Crippen molar-refractivity contribution in [2.24, 2.45) is 0 Å². The minimum Gasteiger partial charge on any atom is -0.359 e. The van der Waals surface area contributed by atoms with Crippen LogP contribution < -0.4 is 16.0 Å². The molecule has 18 heavy (non-hydrogen) atoms. The average molecular weight is 252 g/mol. The Bertz CT molecular complexity index is 491. The Hall–Kier alpha value is -2.45. The van der Waals surface area contributed by atoms with E-state index in [9.17, 15) is 14.9 Å². The molecule has 9 heteroatoms. The second-order valence-corrected chi connectivity index (χ2v) is 3.78. The molecule has 1 amide bonds. The molecular weight excluding hydrogens is 240 g/mol. The molecule has 0 aromatic carbocycles. The number of nitro groups is 1. The van der Waals surface area contributed by atoms with E-state index >= 15 is 0 Å². The van der Waals surface area contributed by atoms with Gasteiger partial charge in [0.2, 0.25) is 17.7 Å². The summed E-state index contributed by atoms with van der Waals surface area (Å²) in [4.78, 5) is 29.1. The normalized spacial score (nSPS) is 18.3. The van der Waals surface area contributed by atoms with Crippen LogP contribution in [0.2, 0.25) is 0 Å². The second kappa shape index (κ2) is 4.82. The van der Waals surface area contributed by atoms with Gasteiger partial charge in [0, 0.05) is 20.0 Å². The lowest BCUT2D eigenvalue weighted by atomic mass is 10.2. The van der Waals surface area contributed by atoms with Gasteiger partial charge in [-0.25, -0.2) is 4.98 Å². The van der Waals surface area contributed by atoms with Crippen molar-refractivity contribution >= 4 is 23.4 Å². The van der Waals surface area contributed by atoms with E-state index in [1.807, 2.05) is 0 Å². The topological polar surface area (TPSA) is 122 Å². The number of anilines is 2. The minimum atomic E-state index is -0.564. The molecule has 1 aromatic heterocycles. The molecule has 0 spiro atoms. The summed E-state index contributed by atoms with van der Waals surface area (Å²) in [5.41, 5.74) is -0.214. The predicted octanol–water partition coefficient (Wildman–Crippen LogP) is -0.273. The first-order valence-corrected chi connectivity index (χ1v) is 5.32. The van der Waals surface area contributed by atoms with Crippen LogP contribution in [0.15, 0.2) is 6.20 Å². The molecule has 1 aliphatic rings. The van der Waals surface area contributed by atoms with Crippen molar-refractivity contribution in [3.63, 3.8) is 0 Å². The van der Waals surface area contributed by atoms with Crippen molar-refractivity contribution in [3.05, 3.63) is 16.3 Å². The quantitative estimate of drug-likeness (QED) is 0.497. The first kappa shape index (κ1) is 12.0.